The number of aryl methyl sites for hydroxylation is 1. The Morgan fingerprint density at radius 1 is 1.32 bits per heavy atom. The Labute approximate surface area is 137 Å². The third kappa shape index (κ3) is 4.35. The highest BCUT2D eigenvalue weighted by Gasteiger charge is 2.23. The lowest BCUT2D eigenvalue weighted by Crippen LogP contribution is -2.52. The predicted molar refractivity (Wildman–Crippen MR) is 89.7 cm³/mol. The van der Waals surface area contributed by atoms with E-state index in [4.69, 9.17) is 16.3 Å². The van der Waals surface area contributed by atoms with Gasteiger partial charge in [-0.1, -0.05) is 23.7 Å². The molecule has 0 spiro atoms. The number of nitrogens with zero attached hydrogens (tertiary/aromatic N) is 1. The van der Waals surface area contributed by atoms with Crippen molar-refractivity contribution in [1.29, 1.82) is 0 Å². The summed E-state index contributed by atoms with van der Waals surface area (Å²) in [4.78, 5) is 14.5. The molecule has 0 aliphatic carbocycles. The Morgan fingerprint density at radius 2 is 2.00 bits per heavy atom. The molecule has 1 fully saturated rings. The number of rotatable bonds is 4. The van der Waals surface area contributed by atoms with E-state index in [-0.39, 0.29) is 18.1 Å². The number of morpholine rings is 1. The average molecular weight is 326 g/mol. The molecule has 2 N–H and O–H groups in total. The molecule has 22 heavy (non-hydrogen) atoms. The standard InChI is InChI=1S/C16H24ClN3O2/c1-11-5-4-6-14(17)15(11)19-16(21)18-12(2)13(3)20-7-9-22-10-8-20/h4-6,12-13H,7-10H2,1-3H3,(H2,18,19,21)/t12-,13+/m0/s1. The summed E-state index contributed by atoms with van der Waals surface area (Å²) in [5.74, 6) is 0. The van der Waals surface area contributed by atoms with E-state index in [1.54, 1.807) is 6.07 Å². The van der Waals surface area contributed by atoms with Crippen LogP contribution in [0.3, 0.4) is 0 Å². The molecule has 5 nitrogen and oxygen atoms in total. The molecule has 1 saturated heterocycles. The van der Waals surface area contributed by atoms with Gasteiger partial charge in [-0.15, -0.1) is 0 Å². The normalized spacial score (nSPS) is 18.5. The molecule has 2 amide bonds. The van der Waals surface area contributed by atoms with Crippen LogP contribution in [0.15, 0.2) is 18.2 Å². The van der Waals surface area contributed by atoms with Gasteiger partial charge in [0.05, 0.1) is 23.9 Å². The number of benzene rings is 1. The zero-order valence-corrected chi connectivity index (χ0v) is 14.1. The fraction of sp³-hybridized carbons (Fsp3) is 0.562. The number of anilines is 1. The maximum atomic E-state index is 12.2. The van der Waals surface area contributed by atoms with E-state index >= 15 is 0 Å². The van der Waals surface area contributed by atoms with Crippen LogP contribution >= 0.6 is 11.6 Å². The van der Waals surface area contributed by atoms with E-state index in [0.29, 0.717) is 10.7 Å². The zero-order valence-electron chi connectivity index (χ0n) is 13.4. The Kier molecular flexibility index (Phi) is 6.06. The van der Waals surface area contributed by atoms with Gasteiger partial charge in [0.1, 0.15) is 0 Å². The van der Waals surface area contributed by atoms with E-state index in [9.17, 15) is 4.79 Å². The average Bonchev–Trinajstić information content (AvgIpc) is 2.51. The van der Waals surface area contributed by atoms with Crippen LogP contribution in [0.1, 0.15) is 19.4 Å². The molecule has 1 aromatic rings. The molecular weight excluding hydrogens is 302 g/mol. The van der Waals surface area contributed by atoms with Crippen LogP contribution in [0.25, 0.3) is 0 Å². The second-order valence-electron chi connectivity index (χ2n) is 5.71. The van der Waals surface area contributed by atoms with Gasteiger partial charge in [-0.25, -0.2) is 4.79 Å². The van der Waals surface area contributed by atoms with Crippen molar-refractivity contribution in [3.8, 4) is 0 Å². The molecule has 0 radical (unpaired) electrons. The number of para-hydroxylation sites is 1. The van der Waals surface area contributed by atoms with Crippen LogP contribution in [0.5, 0.6) is 0 Å². The van der Waals surface area contributed by atoms with Crippen LogP contribution in [0, 0.1) is 6.92 Å². The summed E-state index contributed by atoms with van der Waals surface area (Å²) in [6.45, 7) is 9.36. The van der Waals surface area contributed by atoms with Gasteiger partial charge < -0.3 is 15.4 Å². The highest BCUT2D eigenvalue weighted by Crippen LogP contribution is 2.25. The Balaban J connectivity index is 1.90. The monoisotopic (exact) mass is 325 g/mol. The number of amides is 2. The minimum Gasteiger partial charge on any atom is -0.379 e. The van der Waals surface area contributed by atoms with Crippen molar-refractivity contribution in [2.45, 2.75) is 32.9 Å². The van der Waals surface area contributed by atoms with Crippen molar-refractivity contribution in [2.75, 3.05) is 31.6 Å². The number of nitrogens with one attached hydrogen (secondary N) is 2. The molecule has 2 atom stereocenters. The number of hydrogen-bond donors (Lipinski definition) is 2. The number of hydrogen-bond acceptors (Lipinski definition) is 3. The van der Waals surface area contributed by atoms with Crippen molar-refractivity contribution in [1.82, 2.24) is 10.2 Å². The van der Waals surface area contributed by atoms with E-state index in [2.05, 4.69) is 22.5 Å². The fourth-order valence-corrected chi connectivity index (χ4v) is 2.84. The number of urea groups is 1. The first-order valence-corrected chi connectivity index (χ1v) is 8.01. The molecule has 1 heterocycles. The van der Waals surface area contributed by atoms with Crippen LogP contribution in [0.4, 0.5) is 10.5 Å². The quantitative estimate of drug-likeness (QED) is 0.895. The molecule has 0 bridgehead atoms. The van der Waals surface area contributed by atoms with Crippen LogP contribution < -0.4 is 10.6 Å². The van der Waals surface area contributed by atoms with Gasteiger partial charge in [0, 0.05) is 25.2 Å². The van der Waals surface area contributed by atoms with E-state index in [0.717, 1.165) is 31.9 Å². The maximum Gasteiger partial charge on any atom is 0.319 e. The van der Waals surface area contributed by atoms with Gasteiger partial charge in [-0.2, -0.15) is 0 Å². The zero-order chi connectivity index (χ0) is 16.1. The van der Waals surface area contributed by atoms with Crippen molar-refractivity contribution in [3.05, 3.63) is 28.8 Å². The maximum absolute atomic E-state index is 12.2. The van der Waals surface area contributed by atoms with Crippen LogP contribution in [-0.2, 0) is 4.74 Å². The molecule has 1 aliphatic heterocycles. The van der Waals surface area contributed by atoms with Gasteiger partial charge in [-0.3, -0.25) is 4.90 Å². The summed E-state index contributed by atoms with van der Waals surface area (Å²) in [6.07, 6.45) is 0. The Hall–Kier alpha value is -1.30. The minimum atomic E-state index is -0.233. The summed E-state index contributed by atoms with van der Waals surface area (Å²) >= 11 is 6.13. The van der Waals surface area contributed by atoms with Crippen LogP contribution in [0.2, 0.25) is 5.02 Å². The highest BCUT2D eigenvalue weighted by molar-refractivity contribution is 6.33. The second-order valence-corrected chi connectivity index (χ2v) is 6.12. The van der Waals surface area contributed by atoms with Crippen molar-refractivity contribution in [3.63, 3.8) is 0 Å². The van der Waals surface area contributed by atoms with Gasteiger partial charge in [-0.05, 0) is 32.4 Å². The van der Waals surface area contributed by atoms with Crippen molar-refractivity contribution >= 4 is 23.3 Å². The molecule has 122 valence electrons. The molecule has 1 aromatic carbocycles. The summed E-state index contributed by atoms with van der Waals surface area (Å²) in [5, 5.41) is 6.38. The molecule has 1 aliphatic rings. The van der Waals surface area contributed by atoms with Gasteiger partial charge in [0.25, 0.3) is 0 Å². The summed E-state index contributed by atoms with van der Waals surface area (Å²) in [7, 11) is 0. The number of carbonyl (C=O) groups excluding carboxylic acids is 1. The first-order chi connectivity index (χ1) is 10.5. The molecule has 0 saturated carbocycles. The molecule has 2 rings (SSSR count). The number of carbonyl (C=O) groups is 1. The topological polar surface area (TPSA) is 53.6 Å². The second kappa shape index (κ2) is 7.81. The smallest absolute Gasteiger partial charge is 0.319 e. The third-order valence-corrected chi connectivity index (χ3v) is 4.48. The molecule has 6 heteroatoms. The summed E-state index contributed by atoms with van der Waals surface area (Å²) in [5.41, 5.74) is 1.60. The predicted octanol–water partition coefficient (Wildman–Crippen LogP) is 2.88. The van der Waals surface area contributed by atoms with E-state index < -0.39 is 0 Å². The lowest BCUT2D eigenvalue weighted by molar-refractivity contribution is 0.0146. The Morgan fingerprint density at radius 3 is 2.64 bits per heavy atom. The lowest BCUT2D eigenvalue weighted by atomic mass is 10.1. The first kappa shape index (κ1) is 17.1. The third-order valence-electron chi connectivity index (χ3n) is 4.16. The Bertz CT molecular complexity index is 498. The van der Waals surface area contributed by atoms with Crippen molar-refractivity contribution in [2.24, 2.45) is 0 Å². The number of halogens is 1. The molecule has 0 unspecified atom stereocenters. The van der Waals surface area contributed by atoms with E-state index in [1.165, 1.54) is 0 Å². The van der Waals surface area contributed by atoms with E-state index in [1.807, 2.05) is 26.0 Å². The van der Waals surface area contributed by atoms with Crippen molar-refractivity contribution < 1.29 is 9.53 Å². The first-order valence-electron chi connectivity index (χ1n) is 7.63. The number of ether oxygens (including phenoxy) is 1. The van der Waals surface area contributed by atoms with Gasteiger partial charge >= 0.3 is 6.03 Å². The van der Waals surface area contributed by atoms with Gasteiger partial charge in [0.15, 0.2) is 0 Å². The molecule has 0 aromatic heterocycles. The fourth-order valence-electron chi connectivity index (χ4n) is 2.57. The highest BCUT2D eigenvalue weighted by atomic mass is 35.5. The summed E-state index contributed by atoms with van der Waals surface area (Å²) < 4.78 is 5.36. The largest absolute Gasteiger partial charge is 0.379 e. The summed E-state index contributed by atoms with van der Waals surface area (Å²) in [6, 6.07) is 5.60. The van der Waals surface area contributed by atoms with Crippen LogP contribution in [-0.4, -0.2) is 49.3 Å². The SMILES string of the molecule is Cc1cccc(Cl)c1NC(=O)N[C@@H](C)[C@@H](C)N1CCOCC1. The van der Waals surface area contributed by atoms with Gasteiger partial charge in [0.2, 0.25) is 0 Å². The minimum absolute atomic E-state index is 0.0286. The molecular formula is C16H24ClN3O2. The lowest BCUT2D eigenvalue weighted by Gasteiger charge is -2.35.